The zero-order valence-electron chi connectivity index (χ0n) is 9.56. The SMILES string of the molecule is CC(C)N(C(C)C)S(=O)(=O)C1CN1C. The molecule has 0 amide bonds. The van der Waals surface area contributed by atoms with Crippen LogP contribution < -0.4 is 0 Å². The van der Waals surface area contributed by atoms with Gasteiger partial charge in [-0.3, -0.25) is 4.90 Å². The zero-order valence-corrected chi connectivity index (χ0v) is 10.4. The predicted molar refractivity (Wildman–Crippen MR) is 57.4 cm³/mol. The van der Waals surface area contributed by atoms with Crippen molar-refractivity contribution in [2.45, 2.75) is 45.2 Å². The molecule has 0 aromatic heterocycles. The van der Waals surface area contributed by atoms with Gasteiger partial charge >= 0.3 is 0 Å². The predicted octanol–water partition coefficient (Wildman–Crippen LogP) is 0.706. The summed E-state index contributed by atoms with van der Waals surface area (Å²) in [4.78, 5) is 1.84. The summed E-state index contributed by atoms with van der Waals surface area (Å²) in [7, 11) is -1.28. The van der Waals surface area contributed by atoms with Gasteiger partial charge in [-0.25, -0.2) is 8.42 Å². The molecule has 1 heterocycles. The van der Waals surface area contributed by atoms with Gasteiger partial charge in [0.25, 0.3) is 0 Å². The highest BCUT2D eigenvalue weighted by Gasteiger charge is 2.46. The van der Waals surface area contributed by atoms with E-state index in [1.807, 2.05) is 39.6 Å². The summed E-state index contributed by atoms with van der Waals surface area (Å²) < 4.78 is 25.7. The highest BCUT2D eigenvalue weighted by atomic mass is 32.2. The molecular formula is C9H20N2O2S. The molecule has 0 spiro atoms. The Labute approximate surface area is 86.9 Å². The fourth-order valence-electron chi connectivity index (χ4n) is 1.85. The van der Waals surface area contributed by atoms with Crippen LogP contribution in [0, 0.1) is 0 Å². The molecule has 0 saturated carbocycles. The lowest BCUT2D eigenvalue weighted by Crippen LogP contribution is -2.44. The van der Waals surface area contributed by atoms with Crippen LogP contribution in [0.1, 0.15) is 27.7 Å². The van der Waals surface area contributed by atoms with Gasteiger partial charge in [0.15, 0.2) is 0 Å². The van der Waals surface area contributed by atoms with E-state index in [-0.39, 0.29) is 17.5 Å². The van der Waals surface area contributed by atoms with Crippen LogP contribution in [-0.2, 0) is 10.0 Å². The normalized spacial score (nSPS) is 27.7. The second-order valence-electron chi connectivity index (χ2n) is 4.46. The fourth-order valence-corrected chi connectivity index (χ4v) is 4.18. The van der Waals surface area contributed by atoms with Crippen LogP contribution in [0.5, 0.6) is 0 Å². The summed E-state index contributed by atoms with van der Waals surface area (Å²) in [6.07, 6.45) is 0. The largest absolute Gasteiger partial charge is 0.285 e. The van der Waals surface area contributed by atoms with Crippen LogP contribution in [-0.4, -0.2) is 48.7 Å². The van der Waals surface area contributed by atoms with E-state index in [9.17, 15) is 8.42 Å². The molecule has 0 bridgehead atoms. The molecule has 14 heavy (non-hydrogen) atoms. The molecule has 4 nitrogen and oxygen atoms in total. The molecule has 0 aromatic rings. The van der Waals surface area contributed by atoms with Gasteiger partial charge in [0, 0.05) is 18.6 Å². The maximum atomic E-state index is 12.1. The summed E-state index contributed by atoms with van der Waals surface area (Å²) in [5, 5.41) is -0.285. The monoisotopic (exact) mass is 220 g/mol. The minimum atomic E-state index is -3.12. The summed E-state index contributed by atoms with van der Waals surface area (Å²) in [6.45, 7) is 8.33. The Morgan fingerprint density at radius 3 is 1.79 bits per heavy atom. The topological polar surface area (TPSA) is 40.4 Å². The van der Waals surface area contributed by atoms with Crippen LogP contribution in [0.25, 0.3) is 0 Å². The highest BCUT2D eigenvalue weighted by Crippen LogP contribution is 2.26. The third-order valence-corrected chi connectivity index (χ3v) is 5.09. The van der Waals surface area contributed by atoms with E-state index in [0.717, 1.165) is 0 Å². The van der Waals surface area contributed by atoms with Crippen molar-refractivity contribution in [3.05, 3.63) is 0 Å². The average molecular weight is 220 g/mol. The molecule has 1 fully saturated rings. The zero-order chi connectivity index (χ0) is 11.1. The Hall–Kier alpha value is -0.130. The van der Waals surface area contributed by atoms with Crippen molar-refractivity contribution < 1.29 is 8.42 Å². The van der Waals surface area contributed by atoms with Crippen LogP contribution in [0.2, 0.25) is 0 Å². The van der Waals surface area contributed by atoms with Crippen molar-refractivity contribution in [2.75, 3.05) is 13.6 Å². The first kappa shape index (κ1) is 11.9. The minimum Gasteiger partial charge on any atom is -0.285 e. The lowest BCUT2D eigenvalue weighted by atomic mass is 10.3. The van der Waals surface area contributed by atoms with Crippen molar-refractivity contribution in [3.63, 3.8) is 0 Å². The number of rotatable bonds is 4. The molecule has 5 heteroatoms. The molecule has 84 valence electrons. The van der Waals surface area contributed by atoms with Gasteiger partial charge in [-0.1, -0.05) is 0 Å². The Balaban J connectivity index is 2.88. The summed E-state index contributed by atoms with van der Waals surface area (Å²) in [5.41, 5.74) is 0. The Kier molecular flexibility index (Phi) is 3.23. The van der Waals surface area contributed by atoms with E-state index in [2.05, 4.69) is 0 Å². The van der Waals surface area contributed by atoms with E-state index in [4.69, 9.17) is 0 Å². The lowest BCUT2D eigenvalue weighted by Gasteiger charge is -2.29. The standard InChI is InChI=1S/C9H20N2O2S/c1-7(2)11(8(3)4)14(12,13)9-6-10(9)5/h7-9H,6H2,1-5H3. The maximum Gasteiger partial charge on any atom is 0.232 e. The Morgan fingerprint density at radius 2 is 1.57 bits per heavy atom. The van der Waals surface area contributed by atoms with E-state index in [1.165, 1.54) is 0 Å². The van der Waals surface area contributed by atoms with Gasteiger partial charge < -0.3 is 0 Å². The van der Waals surface area contributed by atoms with Gasteiger partial charge in [-0.05, 0) is 34.7 Å². The van der Waals surface area contributed by atoms with Gasteiger partial charge in [0.2, 0.25) is 10.0 Å². The van der Waals surface area contributed by atoms with E-state index >= 15 is 0 Å². The van der Waals surface area contributed by atoms with Crippen LogP contribution in [0.3, 0.4) is 0 Å². The number of hydrogen-bond acceptors (Lipinski definition) is 3. The molecule has 2 atom stereocenters. The molecule has 1 aliphatic heterocycles. The first-order valence-corrected chi connectivity index (χ1v) is 6.51. The van der Waals surface area contributed by atoms with E-state index in [1.54, 1.807) is 4.31 Å². The highest BCUT2D eigenvalue weighted by molar-refractivity contribution is 7.90. The van der Waals surface area contributed by atoms with Crippen LogP contribution in [0.4, 0.5) is 0 Å². The van der Waals surface area contributed by atoms with E-state index < -0.39 is 10.0 Å². The smallest absolute Gasteiger partial charge is 0.232 e. The Morgan fingerprint density at radius 1 is 1.21 bits per heavy atom. The second kappa shape index (κ2) is 3.79. The molecule has 0 N–H and O–H groups in total. The minimum absolute atomic E-state index is 0.0361. The molecule has 1 rings (SSSR count). The number of hydrogen-bond donors (Lipinski definition) is 0. The maximum absolute atomic E-state index is 12.1. The quantitative estimate of drug-likeness (QED) is 0.655. The number of nitrogens with zero attached hydrogens (tertiary/aromatic N) is 2. The molecule has 2 unspecified atom stereocenters. The lowest BCUT2D eigenvalue weighted by molar-refractivity contribution is 0.300. The number of likely N-dealkylation sites (N-methyl/N-ethyl adjacent to an activating group) is 1. The van der Waals surface area contributed by atoms with Crippen LogP contribution >= 0.6 is 0 Å². The van der Waals surface area contributed by atoms with Crippen molar-refractivity contribution in [3.8, 4) is 0 Å². The molecule has 1 aliphatic rings. The molecule has 0 radical (unpaired) electrons. The van der Waals surface area contributed by atoms with E-state index in [0.29, 0.717) is 6.54 Å². The first-order chi connectivity index (χ1) is 6.28. The van der Waals surface area contributed by atoms with Gasteiger partial charge in [0.05, 0.1) is 0 Å². The third-order valence-electron chi connectivity index (χ3n) is 2.46. The second-order valence-corrected chi connectivity index (χ2v) is 6.45. The van der Waals surface area contributed by atoms with Crippen molar-refractivity contribution in [1.29, 1.82) is 0 Å². The average Bonchev–Trinajstić information content (AvgIpc) is 2.63. The van der Waals surface area contributed by atoms with Gasteiger partial charge in [-0.15, -0.1) is 0 Å². The van der Waals surface area contributed by atoms with Gasteiger partial charge in [0.1, 0.15) is 5.37 Å². The summed E-state index contributed by atoms with van der Waals surface area (Å²) in [5.74, 6) is 0. The van der Waals surface area contributed by atoms with Crippen LogP contribution in [0.15, 0.2) is 0 Å². The molecular weight excluding hydrogens is 200 g/mol. The molecule has 1 saturated heterocycles. The third kappa shape index (κ3) is 2.10. The van der Waals surface area contributed by atoms with Gasteiger partial charge in [-0.2, -0.15) is 4.31 Å². The van der Waals surface area contributed by atoms with Crippen molar-refractivity contribution >= 4 is 10.0 Å². The molecule has 0 aromatic carbocycles. The summed E-state index contributed by atoms with van der Waals surface area (Å²) >= 11 is 0. The molecule has 0 aliphatic carbocycles. The fraction of sp³-hybridized carbons (Fsp3) is 1.00. The number of sulfonamides is 1. The first-order valence-electron chi connectivity index (χ1n) is 5.01. The summed E-state index contributed by atoms with van der Waals surface area (Å²) in [6, 6.07) is 0.0722. The van der Waals surface area contributed by atoms with Crippen molar-refractivity contribution in [2.24, 2.45) is 0 Å². The van der Waals surface area contributed by atoms with Crippen molar-refractivity contribution in [1.82, 2.24) is 9.21 Å². The Bertz CT molecular complexity index is 290.